The predicted octanol–water partition coefficient (Wildman–Crippen LogP) is 2.21. The molecule has 1 saturated heterocycles. The molecule has 166 valence electrons. The maximum atomic E-state index is 5.93. The molecule has 1 aliphatic heterocycles. The molecule has 1 fully saturated rings. The molecule has 0 spiro atoms. The number of ether oxygens (including phenoxy) is 4. The minimum Gasteiger partial charge on any atom is -0.496 e. The Hall–Kier alpha value is -2.21. The molecule has 0 aliphatic carbocycles. The van der Waals surface area contributed by atoms with Crippen LogP contribution in [0.25, 0.3) is 0 Å². The molecule has 0 saturated carbocycles. The third-order valence-electron chi connectivity index (χ3n) is 4.90. The fourth-order valence-electron chi connectivity index (χ4n) is 3.39. The summed E-state index contributed by atoms with van der Waals surface area (Å²) in [4.78, 5) is 6.64. The van der Waals surface area contributed by atoms with Crippen LogP contribution in [0, 0.1) is 0 Å². The summed E-state index contributed by atoms with van der Waals surface area (Å²) in [6.07, 6.45) is 3.80. The van der Waals surface area contributed by atoms with E-state index in [0.717, 1.165) is 29.4 Å². The molecule has 1 aromatic heterocycles. The maximum absolute atomic E-state index is 5.93. The first kappa shape index (κ1) is 24.1. The summed E-state index contributed by atoms with van der Waals surface area (Å²) in [6.45, 7) is 2.62. The number of morpholine rings is 1. The van der Waals surface area contributed by atoms with E-state index < -0.39 is 0 Å². The third kappa shape index (κ3) is 5.48. The van der Waals surface area contributed by atoms with Crippen molar-refractivity contribution in [3.8, 4) is 17.2 Å². The molecule has 0 bridgehead atoms. The number of aryl methyl sites for hydroxylation is 1. The van der Waals surface area contributed by atoms with Crippen molar-refractivity contribution in [1.29, 1.82) is 0 Å². The van der Waals surface area contributed by atoms with Crippen LogP contribution in [0.15, 0.2) is 29.5 Å². The molecule has 1 aromatic carbocycles. The Morgan fingerprint density at radius 3 is 2.50 bits per heavy atom. The highest BCUT2D eigenvalue weighted by Gasteiger charge is 2.25. The lowest BCUT2D eigenvalue weighted by molar-refractivity contribution is -0.00805. The van der Waals surface area contributed by atoms with Gasteiger partial charge in [0.1, 0.15) is 11.9 Å². The predicted molar refractivity (Wildman–Crippen MR) is 125 cm³/mol. The lowest BCUT2D eigenvalue weighted by Gasteiger charge is -2.34. The van der Waals surface area contributed by atoms with E-state index in [1.807, 2.05) is 31.6 Å². The summed E-state index contributed by atoms with van der Waals surface area (Å²) in [7, 11) is 8.55. The molecule has 3 rings (SSSR count). The summed E-state index contributed by atoms with van der Waals surface area (Å²) in [5.74, 6) is 2.81. The van der Waals surface area contributed by atoms with Crippen molar-refractivity contribution in [3.63, 3.8) is 0 Å². The van der Waals surface area contributed by atoms with Gasteiger partial charge in [0.05, 0.1) is 40.7 Å². The van der Waals surface area contributed by atoms with E-state index in [0.29, 0.717) is 31.2 Å². The second-order valence-electron chi connectivity index (χ2n) is 6.67. The standard InChI is InChI=1S/C20H29N5O4.HI/c1-21-20(25-6-7-29-19(13-25)15-11-23-24(2)12-15)22-10-14-8-17(27-4)18(28-5)9-16(14)26-3;/h8-9,11-12,19H,6-7,10,13H2,1-5H3,(H,21,22);1H. The average molecular weight is 531 g/mol. The molecule has 2 aromatic rings. The number of rotatable bonds is 6. The number of benzene rings is 1. The normalized spacial score (nSPS) is 16.6. The topological polar surface area (TPSA) is 82.4 Å². The molecule has 2 heterocycles. The highest BCUT2D eigenvalue weighted by molar-refractivity contribution is 14.0. The summed E-state index contributed by atoms with van der Waals surface area (Å²) >= 11 is 0. The van der Waals surface area contributed by atoms with Crippen LogP contribution < -0.4 is 19.5 Å². The monoisotopic (exact) mass is 531 g/mol. The zero-order valence-electron chi connectivity index (χ0n) is 18.0. The molecule has 30 heavy (non-hydrogen) atoms. The number of methoxy groups -OCH3 is 3. The summed E-state index contributed by atoms with van der Waals surface area (Å²) < 4.78 is 24.0. The van der Waals surface area contributed by atoms with Gasteiger partial charge in [-0.2, -0.15) is 5.10 Å². The Labute approximate surface area is 194 Å². The van der Waals surface area contributed by atoms with Crippen LogP contribution in [0.5, 0.6) is 17.2 Å². The fourth-order valence-corrected chi connectivity index (χ4v) is 3.39. The van der Waals surface area contributed by atoms with Crippen LogP contribution in [0.4, 0.5) is 0 Å². The molecule has 1 unspecified atom stereocenters. The van der Waals surface area contributed by atoms with Crippen LogP contribution in [-0.2, 0) is 18.3 Å². The van der Waals surface area contributed by atoms with Crippen molar-refractivity contribution in [2.24, 2.45) is 12.0 Å². The fraction of sp³-hybridized carbons (Fsp3) is 0.500. The Morgan fingerprint density at radius 1 is 1.20 bits per heavy atom. The number of hydrogen-bond donors (Lipinski definition) is 1. The third-order valence-corrected chi connectivity index (χ3v) is 4.90. The first-order chi connectivity index (χ1) is 14.1. The van der Waals surface area contributed by atoms with Gasteiger partial charge in [-0.25, -0.2) is 0 Å². The maximum Gasteiger partial charge on any atom is 0.194 e. The van der Waals surface area contributed by atoms with Gasteiger partial charge in [-0.05, 0) is 6.07 Å². The summed E-state index contributed by atoms with van der Waals surface area (Å²) in [5, 5.41) is 7.66. The van der Waals surface area contributed by atoms with Crippen LogP contribution in [-0.4, -0.2) is 68.7 Å². The van der Waals surface area contributed by atoms with Crippen LogP contribution >= 0.6 is 24.0 Å². The van der Waals surface area contributed by atoms with E-state index in [-0.39, 0.29) is 30.1 Å². The minimum absolute atomic E-state index is 0. The van der Waals surface area contributed by atoms with E-state index in [1.165, 1.54) is 0 Å². The van der Waals surface area contributed by atoms with Gasteiger partial charge in [0.2, 0.25) is 0 Å². The van der Waals surface area contributed by atoms with Gasteiger partial charge in [0, 0.05) is 50.6 Å². The molecular weight excluding hydrogens is 501 g/mol. The number of aliphatic imine (C=N–C) groups is 1. The Bertz CT molecular complexity index is 858. The number of guanidine groups is 1. The smallest absolute Gasteiger partial charge is 0.194 e. The second kappa shape index (κ2) is 11.3. The van der Waals surface area contributed by atoms with Crippen LogP contribution in [0.2, 0.25) is 0 Å². The van der Waals surface area contributed by atoms with Crippen molar-refractivity contribution in [3.05, 3.63) is 35.7 Å². The lowest BCUT2D eigenvalue weighted by Crippen LogP contribution is -2.47. The van der Waals surface area contributed by atoms with Gasteiger partial charge >= 0.3 is 0 Å². The Morgan fingerprint density at radius 2 is 1.90 bits per heavy atom. The van der Waals surface area contributed by atoms with E-state index in [2.05, 4.69) is 20.3 Å². The first-order valence-corrected chi connectivity index (χ1v) is 9.44. The Kier molecular flexibility index (Phi) is 9.03. The van der Waals surface area contributed by atoms with E-state index in [9.17, 15) is 0 Å². The average Bonchev–Trinajstić information content (AvgIpc) is 3.20. The first-order valence-electron chi connectivity index (χ1n) is 9.44. The van der Waals surface area contributed by atoms with Crippen molar-refractivity contribution in [2.75, 3.05) is 48.1 Å². The van der Waals surface area contributed by atoms with E-state index in [1.54, 1.807) is 33.1 Å². The number of aromatic nitrogens is 2. The van der Waals surface area contributed by atoms with Crippen molar-refractivity contribution >= 4 is 29.9 Å². The number of halogens is 1. The van der Waals surface area contributed by atoms with Gasteiger partial charge in [-0.1, -0.05) is 0 Å². The largest absolute Gasteiger partial charge is 0.496 e. The molecule has 10 heteroatoms. The molecular formula is C20H30IN5O4. The lowest BCUT2D eigenvalue weighted by atomic mass is 10.1. The number of nitrogens with zero attached hydrogens (tertiary/aromatic N) is 4. The number of nitrogens with one attached hydrogen (secondary N) is 1. The summed E-state index contributed by atoms with van der Waals surface area (Å²) in [5.41, 5.74) is 2.01. The second-order valence-corrected chi connectivity index (χ2v) is 6.67. The summed E-state index contributed by atoms with van der Waals surface area (Å²) in [6, 6.07) is 3.74. The minimum atomic E-state index is -0.0355. The van der Waals surface area contributed by atoms with E-state index >= 15 is 0 Å². The van der Waals surface area contributed by atoms with Gasteiger partial charge in [-0.15, -0.1) is 24.0 Å². The quantitative estimate of drug-likeness (QED) is 0.348. The molecule has 0 amide bonds. The van der Waals surface area contributed by atoms with Gasteiger partial charge in [-0.3, -0.25) is 9.67 Å². The Balaban J connectivity index is 0.00000320. The zero-order chi connectivity index (χ0) is 20.8. The van der Waals surface area contributed by atoms with Crippen LogP contribution in [0.3, 0.4) is 0 Å². The highest BCUT2D eigenvalue weighted by atomic mass is 127. The molecule has 1 aliphatic rings. The molecule has 9 nitrogen and oxygen atoms in total. The van der Waals surface area contributed by atoms with Crippen LogP contribution in [0.1, 0.15) is 17.2 Å². The van der Waals surface area contributed by atoms with Gasteiger partial charge in [0.25, 0.3) is 0 Å². The molecule has 1 N–H and O–H groups in total. The molecule has 0 radical (unpaired) electrons. The van der Waals surface area contributed by atoms with Gasteiger partial charge in [0.15, 0.2) is 17.5 Å². The van der Waals surface area contributed by atoms with Crippen molar-refractivity contribution in [2.45, 2.75) is 12.6 Å². The van der Waals surface area contributed by atoms with E-state index in [4.69, 9.17) is 18.9 Å². The molecule has 1 atom stereocenters. The number of hydrogen-bond acceptors (Lipinski definition) is 6. The van der Waals surface area contributed by atoms with Crippen molar-refractivity contribution in [1.82, 2.24) is 20.0 Å². The van der Waals surface area contributed by atoms with Crippen molar-refractivity contribution < 1.29 is 18.9 Å². The highest BCUT2D eigenvalue weighted by Crippen LogP contribution is 2.34. The SMILES string of the molecule is CN=C(NCc1cc(OC)c(OC)cc1OC)N1CCOC(c2cnn(C)c2)C1.I. The zero-order valence-corrected chi connectivity index (χ0v) is 20.4. The van der Waals surface area contributed by atoms with Gasteiger partial charge < -0.3 is 29.2 Å².